The predicted octanol–water partition coefficient (Wildman–Crippen LogP) is 5.67. The molecule has 0 unspecified atom stereocenters. The van der Waals surface area contributed by atoms with Crippen LogP contribution in [0, 0.1) is 13.8 Å². The second-order valence-corrected chi connectivity index (χ2v) is 10.2. The number of hydrogen-bond acceptors (Lipinski definition) is 3. The smallest absolute Gasteiger partial charge is 0.242 e. The van der Waals surface area contributed by atoms with Crippen LogP contribution in [0.3, 0.4) is 0 Å². The summed E-state index contributed by atoms with van der Waals surface area (Å²) in [6.45, 7) is 6.36. The highest BCUT2D eigenvalue weighted by Crippen LogP contribution is 2.21. The molecule has 2 amide bonds. The Balaban J connectivity index is 1.66. The summed E-state index contributed by atoms with van der Waals surface area (Å²) >= 11 is 7.74. The lowest BCUT2D eigenvalue weighted by Gasteiger charge is -2.29. The number of carbonyl (C=O) groups excluding carboxylic acids is 2. The Bertz CT molecular complexity index is 923. The molecule has 32 heavy (non-hydrogen) atoms. The molecule has 1 atom stereocenters. The molecule has 0 heterocycles. The highest BCUT2D eigenvalue weighted by atomic mass is 35.5. The summed E-state index contributed by atoms with van der Waals surface area (Å²) in [5.41, 5.74) is 4.60. The Morgan fingerprint density at radius 2 is 1.78 bits per heavy atom. The molecule has 0 aromatic heterocycles. The first-order chi connectivity index (χ1) is 15.3. The fourth-order valence-electron chi connectivity index (χ4n) is 4.30. The zero-order valence-electron chi connectivity index (χ0n) is 19.2. The van der Waals surface area contributed by atoms with Gasteiger partial charge in [0, 0.05) is 23.4 Å². The van der Waals surface area contributed by atoms with Gasteiger partial charge >= 0.3 is 0 Å². The molecule has 0 aliphatic heterocycles. The third-order valence-corrected chi connectivity index (χ3v) is 7.11. The van der Waals surface area contributed by atoms with Crippen molar-refractivity contribution in [1.82, 2.24) is 10.2 Å². The van der Waals surface area contributed by atoms with Gasteiger partial charge in [0.15, 0.2) is 0 Å². The average molecular weight is 473 g/mol. The highest BCUT2D eigenvalue weighted by molar-refractivity contribution is 7.99. The number of thioether (sulfide) groups is 1. The van der Waals surface area contributed by atoms with Crippen LogP contribution in [-0.4, -0.2) is 34.6 Å². The molecule has 1 aliphatic rings. The number of rotatable bonds is 9. The van der Waals surface area contributed by atoms with Crippen LogP contribution in [0.2, 0.25) is 5.02 Å². The van der Waals surface area contributed by atoms with Crippen molar-refractivity contribution in [1.29, 1.82) is 0 Å². The van der Waals surface area contributed by atoms with E-state index in [0.717, 1.165) is 37.0 Å². The van der Waals surface area contributed by atoms with Gasteiger partial charge in [0.2, 0.25) is 11.8 Å². The minimum Gasteiger partial charge on any atom is -0.352 e. The Morgan fingerprint density at radius 3 is 2.44 bits per heavy atom. The van der Waals surface area contributed by atoms with Gasteiger partial charge in [0.05, 0.1) is 5.75 Å². The summed E-state index contributed by atoms with van der Waals surface area (Å²) in [6.07, 6.45) is 4.35. The summed E-state index contributed by atoms with van der Waals surface area (Å²) in [5.74, 6) is 0.983. The van der Waals surface area contributed by atoms with Crippen molar-refractivity contribution < 1.29 is 9.59 Å². The number of benzene rings is 2. The highest BCUT2D eigenvalue weighted by Gasteiger charge is 2.28. The van der Waals surface area contributed by atoms with Crippen LogP contribution in [0.25, 0.3) is 0 Å². The molecule has 0 radical (unpaired) electrons. The van der Waals surface area contributed by atoms with Crippen LogP contribution in [0.5, 0.6) is 0 Å². The molecule has 1 saturated carbocycles. The number of aryl methyl sites for hydroxylation is 2. The standard InChI is InChI=1S/C26H33ClN2O2S/c1-18-11-19(2)13-22(12-18)16-32-17-25(30)29(15-21-7-6-8-23(27)14-21)20(3)26(31)28-24-9-4-5-10-24/h6-8,11-14,20,24H,4-5,9-10,15-17H2,1-3H3,(H,28,31)/t20-/m1/s1. The number of nitrogens with one attached hydrogen (secondary N) is 1. The fourth-order valence-corrected chi connectivity index (χ4v) is 5.36. The van der Waals surface area contributed by atoms with Gasteiger partial charge in [-0.15, -0.1) is 11.8 Å². The van der Waals surface area contributed by atoms with Gasteiger partial charge in [0.25, 0.3) is 0 Å². The number of halogens is 1. The van der Waals surface area contributed by atoms with E-state index in [1.807, 2.05) is 31.2 Å². The molecule has 172 valence electrons. The van der Waals surface area contributed by atoms with Gasteiger partial charge in [-0.2, -0.15) is 0 Å². The second-order valence-electron chi connectivity index (χ2n) is 8.81. The molecule has 0 bridgehead atoms. The SMILES string of the molecule is Cc1cc(C)cc(CSCC(=O)N(Cc2cccc(Cl)c2)[C@H](C)C(=O)NC2CCCC2)c1. The fraction of sp³-hybridized carbons (Fsp3) is 0.462. The lowest BCUT2D eigenvalue weighted by atomic mass is 10.1. The molecule has 2 aromatic carbocycles. The molecular formula is C26H33ClN2O2S. The average Bonchev–Trinajstić information content (AvgIpc) is 3.24. The second kappa shape index (κ2) is 11.8. The van der Waals surface area contributed by atoms with Crippen LogP contribution in [0.1, 0.15) is 54.9 Å². The van der Waals surface area contributed by atoms with Crippen molar-refractivity contribution in [2.75, 3.05) is 5.75 Å². The normalized spacial score (nSPS) is 14.9. The first kappa shape index (κ1) is 24.7. The number of nitrogens with zero attached hydrogens (tertiary/aromatic N) is 1. The van der Waals surface area contributed by atoms with E-state index in [0.29, 0.717) is 17.3 Å². The number of hydrogen-bond donors (Lipinski definition) is 1. The van der Waals surface area contributed by atoms with Crippen molar-refractivity contribution in [3.05, 3.63) is 69.7 Å². The topological polar surface area (TPSA) is 49.4 Å². The Hall–Kier alpha value is -1.98. The third kappa shape index (κ3) is 7.28. The van der Waals surface area contributed by atoms with E-state index >= 15 is 0 Å². The van der Waals surface area contributed by atoms with Crippen LogP contribution in [-0.2, 0) is 21.9 Å². The molecule has 1 fully saturated rings. The van der Waals surface area contributed by atoms with Crippen molar-refractivity contribution in [2.45, 2.75) is 70.8 Å². The van der Waals surface area contributed by atoms with Gasteiger partial charge in [-0.05, 0) is 56.9 Å². The van der Waals surface area contributed by atoms with Crippen LogP contribution < -0.4 is 5.32 Å². The lowest BCUT2D eigenvalue weighted by Crippen LogP contribution is -2.50. The van der Waals surface area contributed by atoms with E-state index < -0.39 is 6.04 Å². The van der Waals surface area contributed by atoms with Crippen LogP contribution in [0.15, 0.2) is 42.5 Å². The summed E-state index contributed by atoms with van der Waals surface area (Å²) in [7, 11) is 0. The van der Waals surface area contributed by atoms with Gasteiger partial charge in [-0.25, -0.2) is 0 Å². The maximum Gasteiger partial charge on any atom is 0.242 e. The maximum atomic E-state index is 13.2. The zero-order valence-corrected chi connectivity index (χ0v) is 20.8. The third-order valence-electron chi connectivity index (χ3n) is 5.89. The van der Waals surface area contributed by atoms with Gasteiger partial charge in [-0.3, -0.25) is 9.59 Å². The minimum atomic E-state index is -0.538. The molecular weight excluding hydrogens is 440 g/mol. The number of amides is 2. The van der Waals surface area contributed by atoms with Gasteiger partial charge in [-0.1, -0.05) is 65.9 Å². The Labute approximate surface area is 201 Å². The molecule has 0 spiro atoms. The predicted molar refractivity (Wildman–Crippen MR) is 134 cm³/mol. The molecule has 4 nitrogen and oxygen atoms in total. The summed E-state index contributed by atoms with van der Waals surface area (Å²) in [5, 5.41) is 3.77. The monoisotopic (exact) mass is 472 g/mol. The van der Waals surface area contributed by atoms with Gasteiger partial charge < -0.3 is 10.2 Å². The maximum absolute atomic E-state index is 13.2. The van der Waals surface area contributed by atoms with E-state index in [2.05, 4.69) is 37.4 Å². The van der Waals surface area contributed by atoms with Crippen molar-refractivity contribution in [3.63, 3.8) is 0 Å². The first-order valence-corrected chi connectivity index (χ1v) is 12.8. The van der Waals surface area contributed by atoms with Crippen molar-refractivity contribution in [3.8, 4) is 0 Å². The van der Waals surface area contributed by atoms with Crippen molar-refractivity contribution in [2.24, 2.45) is 0 Å². The van der Waals surface area contributed by atoms with Crippen molar-refractivity contribution >= 4 is 35.2 Å². The molecule has 3 rings (SSSR count). The molecule has 6 heteroatoms. The molecule has 1 N–H and O–H groups in total. The van der Waals surface area contributed by atoms with Crippen LogP contribution in [0.4, 0.5) is 0 Å². The van der Waals surface area contributed by atoms with E-state index in [9.17, 15) is 9.59 Å². The largest absolute Gasteiger partial charge is 0.352 e. The molecule has 0 saturated heterocycles. The zero-order chi connectivity index (χ0) is 23.1. The lowest BCUT2D eigenvalue weighted by molar-refractivity contribution is -0.138. The summed E-state index contributed by atoms with van der Waals surface area (Å²) in [4.78, 5) is 27.9. The Morgan fingerprint density at radius 1 is 1.09 bits per heavy atom. The van der Waals surface area contributed by atoms with E-state index in [4.69, 9.17) is 11.6 Å². The molecule has 1 aliphatic carbocycles. The summed E-state index contributed by atoms with van der Waals surface area (Å²) < 4.78 is 0. The minimum absolute atomic E-state index is 0.0339. The quantitative estimate of drug-likeness (QED) is 0.511. The van der Waals surface area contributed by atoms with E-state index in [1.165, 1.54) is 16.7 Å². The van der Waals surface area contributed by atoms with E-state index in [1.54, 1.807) is 16.7 Å². The first-order valence-electron chi connectivity index (χ1n) is 11.3. The molecule has 2 aromatic rings. The van der Waals surface area contributed by atoms with Crippen LogP contribution >= 0.6 is 23.4 Å². The number of carbonyl (C=O) groups is 2. The van der Waals surface area contributed by atoms with Gasteiger partial charge in [0.1, 0.15) is 6.04 Å². The Kier molecular flexibility index (Phi) is 9.06. The summed E-state index contributed by atoms with van der Waals surface area (Å²) in [6, 6.07) is 13.6. The van der Waals surface area contributed by atoms with E-state index in [-0.39, 0.29) is 17.9 Å².